The van der Waals surface area contributed by atoms with E-state index in [4.69, 9.17) is 10.5 Å². The molecule has 0 fully saturated rings. The predicted octanol–water partition coefficient (Wildman–Crippen LogP) is 4.22. The molecule has 0 aromatic heterocycles. The minimum absolute atomic E-state index is 0.0183. The number of ether oxygens (including phenoxy) is 1. The van der Waals surface area contributed by atoms with Gasteiger partial charge >= 0.3 is 6.18 Å². The van der Waals surface area contributed by atoms with Gasteiger partial charge in [-0.15, -0.1) is 0 Å². The second-order valence-corrected chi connectivity index (χ2v) is 3.81. The van der Waals surface area contributed by atoms with Gasteiger partial charge in [0.1, 0.15) is 17.3 Å². The van der Waals surface area contributed by atoms with Crippen LogP contribution in [0.3, 0.4) is 0 Å². The summed E-state index contributed by atoms with van der Waals surface area (Å²) < 4.78 is 55.6. The zero-order chi connectivity index (χ0) is 14.0. The van der Waals surface area contributed by atoms with Crippen LogP contribution in [0.25, 0.3) is 0 Å². The van der Waals surface area contributed by atoms with Crippen molar-refractivity contribution < 1.29 is 22.3 Å². The van der Waals surface area contributed by atoms with E-state index in [1.54, 1.807) is 12.1 Å². The van der Waals surface area contributed by atoms with E-state index < -0.39 is 17.6 Å². The number of benzene rings is 2. The van der Waals surface area contributed by atoms with Crippen molar-refractivity contribution in [2.75, 3.05) is 5.73 Å². The number of nitrogens with two attached hydrogens (primary N) is 1. The summed E-state index contributed by atoms with van der Waals surface area (Å²) in [7, 11) is 0. The molecule has 0 saturated heterocycles. The van der Waals surface area contributed by atoms with E-state index in [2.05, 4.69) is 0 Å². The summed E-state index contributed by atoms with van der Waals surface area (Å²) in [6.07, 6.45) is -4.72. The van der Waals surface area contributed by atoms with E-state index >= 15 is 0 Å². The molecule has 0 radical (unpaired) electrons. The smallest absolute Gasteiger partial charge is 0.419 e. The van der Waals surface area contributed by atoms with E-state index in [1.165, 1.54) is 12.1 Å². The molecule has 0 aliphatic carbocycles. The molecule has 2 nitrogen and oxygen atoms in total. The van der Waals surface area contributed by atoms with Crippen molar-refractivity contribution in [2.24, 2.45) is 0 Å². The predicted molar refractivity (Wildman–Crippen MR) is 62.3 cm³/mol. The molecule has 0 heterocycles. The van der Waals surface area contributed by atoms with Crippen LogP contribution in [-0.2, 0) is 6.18 Å². The second-order valence-electron chi connectivity index (χ2n) is 3.81. The molecule has 2 aromatic rings. The lowest BCUT2D eigenvalue weighted by atomic mass is 10.2. The van der Waals surface area contributed by atoms with E-state index in [-0.39, 0.29) is 5.75 Å². The van der Waals surface area contributed by atoms with Gasteiger partial charge < -0.3 is 10.5 Å². The standard InChI is InChI=1S/C13H9F4NO/c14-12-7-10(5-6-11(12)13(15,16)17)19-9-3-1-8(18)2-4-9/h1-7H,18H2. The molecule has 0 bridgehead atoms. The van der Waals surface area contributed by atoms with Gasteiger partial charge in [-0.05, 0) is 36.4 Å². The fourth-order valence-corrected chi connectivity index (χ4v) is 1.46. The molecule has 0 aliphatic heterocycles. The molecule has 6 heteroatoms. The second kappa shape index (κ2) is 4.79. The van der Waals surface area contributed by atoms with Crippen molar-refractivity contribution in [3.8, 4) is 11.5 Å². The van der Waals surface area contributed by atoms with Crippen LogP contribution in [-0.4, -0.2) is 0 Å². The summed E-state index contributed by atoms with van der Waals surface area (Å²) in [6.45, 7) is 0. The van der Waals surface area contributed by atoms with Crippen LogP contribution in [0.1, 0.15) is 5.56 Å². The molecule has 0 spiro atoms. The lowest BCUT2D eigenvalue weighted by Crippen LogP contribution is -2.07. The molecule has 2 aromatic carbocycles. The first-order chi connectivity index (χ1) is 8.86. The third-order valence-corrected chi connectivity index (χ3v) is 2.36. The number of nitrogen functional groups attached to an aromatic ring is 1. The Labute approximate surface area is 106 Å². The Kier molecular flexibility index (Phi) is 3.33. The highest BCUT2D eigenvalue weighted by molar-refractivity contribution is 5.43. The van der Waals surface area contributed by atoms with Gasteiger partial charge in [0, 0.05) is 11.8 Å². The topological polar surface area (TPSA) is 35.2 Å². The highest BCUT2D eigenvalue weighted by Crippen LogP contribution is 2.33. The first-order valence-corrected chi connectivity index (χ1v) is 5.26. The molecule has 0 unspecified atom stereocenters. The van der Waals surface area contributed by atoms with Crippen LogP contribution >= 0.6 is 0 Å². The van der Waals surface area contributed by atoms with Crippen molar-refractivity contribution in [2.45, 2.75) is 6.18 Å². The Bertz CT molecular complexity index is 578. The summed E-state index contributed by atoms with van der Waals surface area (Å²) in [5.74, 6) is -1.04. The van der Waals surface area contributed by atoms with Crippen molar-refractivity contribution in [1.82, 2.24) is 0 Å². The fourth-order valence-electron chi connectivity index (χ4n) is 1.46. The number of halogens is 4. The quantitative estimate of drug-likeness (QED) is 0.655. The van der Waals surface area contributed by atoms with E-state index in [0.717, 1.165) is 6.07 Å². The zero-order valence-electron chi connectivity index (χ0n) is 9.54. The Hall–Kier alpha value is -2.24. The van der Waals surface area contributed by atoms with Crippen molar-refractivity contribution in [3.63, 3.8) is 0 Å². The summed E-state index contributed by atoms with van der Waals surface area (Å²) in [5.41, 5.74) is 4.67. The van der Waals surface area contributed by atoms with Gasteiger partial charge in [-0.2, -0.15) is 13.2 Å². The molecule has 19 heavy (non-hydrogen) atoms. The summed E-state index contributed by atoms with van der Waals surface area (Å²) in [4.78, 5) is 0. The third kappa shape index (κ3) is 3.15. The average Bonchev–Trinajstić information content (AvgIpc) is 2.30. The summed E-state index contributed by atoms with van der Waals surface area (Å²) in [6, 6.07) is 8.59. The summed E-state index contributed by atoms with van der Waals surface area (Å²) >= 11 is 0. The lowest BCUT2D eigenvalue weighted by molar-refractivity contribution is -0.140. The number of anilines is 1. The normalized spacial score (nSPS) is 11.4. The first kappa shape index (κ1) is 13.2. The monoisotopic (exact) mass is 271 g/mol. The molecule has 100 valence electrons. The Balaban J connectivity index is 2.23. The molecular formula is C13H9F4NO. The number of hydrogen-bond donors (Lipinski definition) is 1. The third-order valence-electron chi connectivity index (χ3n) is 2.36. The van der Waals surface area contributed by atoms with Crippen LogP contribution in [0.15, 0.2) is 42.5 Å². The van der Waals surface area contributed by atoms with Gasteiger partial charge in [0.2, 0.25) is 0 Å². The van der Waals surface area contributed by atoms with Crippen molar-refractivity contribution in [1.29, 1.82) is 0 Å². The molecule has 0 amide bonds. The maximum Gasteiger partial charge on any atom is 0.419 e. The molecule has 2 rings (SSSR count). The van der Waals surface area contributed by atoms with Crippen LogP contribution in [0.5, 0.6) is 11.5 Å². The molecule has 2 N–H and O–H groups in total. The maximum absolute atomic E-state index is 13.3. The van der Waals surface area contributed by atoms with Crippen LogP contribution < -0.4 is 10.5 Å². The van der Waals surface area contributed by atoms with Crippen molar-refractivity contribution >= 4 is 5.69 Å². The Morgan fingerprint density at radius 2 is 1.47 bits per heavy atom. The van der Waals surface area contributed by atoms with E-state index in [9.17, 15) is 17.6 Å². The molecular weight excluding hydrogens is 262 g/mol. The highest BCUT2D eigenvalue weighted by atomic mass is 19.4. The van der Waals surface area contributed by atoms with Gasteiger partial charge in [0.25, 0.3) is 0 Å². The van der Waals surface area contributed by atoms with Gasteiger partial charge in [-0.25, -0.2) is 4.39 Å². The van der Waals surface area contributed by atoms with Gasteiger partial charge in [-0.1, -0.05) is 0 Å². The van der Waals surface area contributed by atoms with Gasteiger partial charge in [-0.3, -0.25) is 0 Å². The molecule has 0 atom stereocenters. The Morgan fingerprint density at radius 3 is 2.00 bits per heavy atom. The van der Waals surface area contributed by atoms with Crippen molar-refractivity contribution in [3.05, 3.63) is 53.8 Å². The van der Waals surface area contributed by atoms with Crippen LogP contribution in [0.2, 0.25) is 0 Å². The highest BCUT2D eigenvalue weighted by Gasteiger charge is 2.34. The van der Waals surface area contributed by atoms with Crippen LogP contribution in [0, 0.1) is 5.82 Å². The fraction of sp³-hybridized carbons (Fsp3) is 0.0769. The first-order valence-electron chi connectivity index (χ1n) is 5.26. The largest absolute Gasteiger partial charge is 0.457 e. The number of rotatable bonds is 2. The van der Waals surface area contributed by atoms with Gasteiger partial charge in [0.15, 0.2) is 0 Å². The Morgan fingerprint density at radius 1 is 0.895 bits per heavy atom. The van der Waals surface area contributed by atoms with Gasteiger partial charge in [0.05, 0.1) is 5.56 Å². The zero-order valence-corrected chi connectivity index (χ0v) is 9.54. The van der Waals surface area contributed by atoms with E-state index in [1.807, 2.05) is 0 Å². The molecule has 0 saturated carbocycles. The minimum Gasteiger partial charge on any atom is -0.457 e. The minimum atomic E-state index is -4.72. The van der Waals surface area contributed by atoms with Crippen LogP contribution in [0.4, 0.5) is 23.2 Å². The summed E-state index contributed by atoms with van der Waals surface area (Å²) in [5, 5.41) is 0. The molecule has 0 aliphatic rings. The van der Waals surface area contributed by atoms with E-state index in [0.29, 0.717) is 23.6 Å². The SMILES string of the molecule is Nc1ccc(Oc2ccc(C(F)(F)F)c(F)c2)cc1. The maximum atomic E-state index is 13.3. The number of alkyl halides is 3. The lowest BCUT2D eigenvalue weighted by Gasteiger charge is -2.10. The number of hydrogen-bond acceptors (Lipinski definition) is 2. The average molecular weight is 271 g/mol.